The number of hydrogen-bond acceptors (Lipinski definition) is 4. The fourth-order valence-electron chi connectivity index (χ4n) is 2.69. The highest BCUT2D eigenvalue weighted by atomic mass is 16.6. The summed E-state index contributed by atoms with van der Waals surface area (Å²) in [6.07, 6.45) is 0. The Balaban J connectivity index is 1.78. The van der Waals surface area contributed by atoms with Gasteiger partial charge in [0, 0.05) is 23.9 Å². The van der Waals surface area contributed by atoms with E-state index in [4.69, 9.17) is 0 Å². The Morgan fingerprint density at radius 1 is 1.00 bits per heavy atom. The number of nitrogens with zero attached hydrogens (tertiary/aromatic N) is 1. The lowest BCUT2D eigenvalue weighted by molar-refractivity contribution is -0.384. The summed E-state index contributed by atoms with van der Waals surface area (Å²) in [4.78, 5) is 23.4. The lowest BCUT2D eigenvalue weighted by atomic mass is 10.1. The van der Waals surface area contributed by atoms with Gasteiger partial charge in [0.15, 0.2) is 0 Å². The van der Waals surface area contributed by atoms with Crippen LogP contribution in [0.5, 0.6) is 0 Å². The molecule has 0 spiro atoms. The van der Waals surface area contributed by atoms with Gasteiger partial charge in [0.05, 0.1) is 4.92 Å². The van der Waals surface area contributed by atoms with Crippen LogP contribution < -0.4 is 10.6 Å². The molecule has 0 heterocycles. The molecule has 0 aromatic heterocycles. The van der Waals surface area contributed by atoms with Crippen LogP contribution in [0.4, 0.5) is 17.1 Å². The van der Waals surface area contributed by atoms with E-state index < -0.39 is 10.8 Å². The first-order valence-corrected chi connectivity index (χ1v) is 8.47. The Kier molecular flexibility index (Phi) is 5.47. The fraction of sp³-hybridized carbons (Fsp3) is 0.0952. The third-order valence-corrected chi connectivity index (χ3v) is 4.06. The average Bonchev–Trinajstić information content (AvgIpc) is 2.67. The summed E-state index contributed by atoms with van der Waals surface area (Å²) in [6.45, 7) is 2.38. The molecule has 0 aliphatic heterocycles. The fourth-order valence-corrected chi connectivity index (χ4v) is 2.69. The molecule has 0 bridgehead atoms. The van der Waals surface area contributed by atoms with Gasteiger partial charge >= 0.3 is 0 Å². The van der Waals surface area contributed by atoms with Gasteiger partial charge in [0.25, 0.3) is 11.6 Å². The van der Waals surface area contributed by atoms with Gasteiger partial charge in [-0.2, -0.15) is 0 Å². The van der Waals surface area contributed by atoms with Crippen LogP contribution in [0.3, 0.4) is 0 Å². The molecule has 2 N–H and O–H groups in total. The van der Waals surface area contributed by atoms with E-state index in [1.54, 1.807) is 18.2 Å². The second-order valence-corrected chi connectivity index (χ2v) is 6.15. The highest BCUT2D eigenvalue weighted by molar-refractivity contribution is 6.05. The first-order valence-electron chi connectivity index (χ1n) is 8.47. The zero-order valence-corrected chi connectivity index (χ0v) is 14.8. The third kappa shape index (κ3) is 4.70. The normalized spacial score (nSPS) is 10.3. The van der Waals surface area contributed by atoms with Crippen molar-refractivity contribution in [2.75, 3.05) is 10.6 Å². The second-order valence-electron chi connectivity index (χ2n) is 6.15. The molecule has 0 atom stereocenters. The first-order chi connectivity index (χ1) is 13.0. The largest absolute Gasteiger partial charge is 0.375 e. The minimum atomic E-state index is -0.489. The maximum atomic E-state index is 12.4. The van der Waals surface area contributed by atoms with Crippen LogP contribution in [0.2, 0.25) is 0 Å². The van der Waals surface area contributed by atoms with E-state index in [0.717, 1.165) is 11.1 Å². The highest BCUT2D eigenvalue weighted by Crippen LogP contribution is 2.26. The summed E-state index contributed by atoms with van der Waals surface area (Å²) in [7, 11) is 0. The zero-order valence-electron chi connectivity index (χ0n) is 14.8. The van der Waals surface area contributed by atoms with Crippen molar-refractivity contribution in [1.82, 2.24) is 0 Å². The van der Waals surface area contributed by atoms with Gasteiger partial charge in [0.2, 0.25) is 0 Å². The Labute approximate surface area is 157 Å². The Morgan fingerprint density at radius 2 is 1.78 bits per heavy atom. The van der Waals surface area contributed by atoms with Crippen LogP contribution in [0.15, 0.2) is 72.8 Å². The Hall–Kier alpha value is -3.67. The number of amides is 1. The van der Waals surface area contributed by atoms with Gasteiger partial charge in [0.1, 0.15) is 5.69 Å². The first kappa shape index (κ1) is 18.1. The number of benzene rings is 3. The van der Waals surface area contributed by atoms with Crippen molar-refractivity contribution in [1.29, 1.82) is 0 Å². The van der Waals surface area contributed by atoms with Crippen LogP contribution in [0, 0.1) is 17.0 Å². The average molecular weight is 361 g/mol. The molecule has 6 heteroatoms. The number of carbonyl (C=O) groups is 1. The molecule has 0 saturated carbocycles. The van der Waals surface area contributed by atoms with Crippen LogP contribution in [0.1, 0.15) is 21.5 Å². The summed E-state index contributed by atoms with van der Waals surface area (Å²) >= 11 is 0. The molecule has 3 aromatic rings. The number of nitrogens with one attached hydrogen (secondary N) is 2. The van der Waals surface area contributed by atoms with E-state index in [1.807, 2.05) is 55.5 Å². The van der Waals surface area contributed by atoms with Crippen molar-refractivity contribution >= 4 is 23.0 Å². The molecular weight excluding hydrogens is 342 g/mol. The maximum Gasteiger partial charge on any atom is 0.293 e. The molecule has 0 aliphatic carbocycles. The predicted molar refractivity (Wildman–Crippen MR) is 106 cm³/mol. The lowest BCUT2D eigenvalue weighted by Crippen LogP contribution is -2.13. The number of anilines is 2. The van der Waals surface area contributed by atoms with E-state index >= 15 is 0 Å². The van der Waals surface area contributed by atoms with E-state index in [9.17, 15) is 14.9 Å². The molecule has 136 valence electrons. The van der Waals surface area contributed by atoms with E-state index in [0.29, 0.717) is 17.9 Å². The quantitative estimate of drug-likeness (QED) is 0.489. The highest BCUT2D eigenvalue weighted by Gasteiger charge is 2.17. The predicted octanol–water partition coefficient (Wildman–Crippen LogP) is 4.77. The standard InChI is InChI=1S/C21H19N3O3/c1-15-6-5-9-18(12-15)23-21(25)17-10-11-19(20(13-17)24(26)27)22-14-16-7-3-2-4-8-16/h2-13,22H,14H2,1H3,(H,23,25). The summed E-state index contributed by atoms with van der Waals surface area (Å²) < 4.78 is 0. The summed E-state index contributed by atoms with van der Waals surface area (Å²) in [5.41, 5.74) is 3.13. The van der Waals surface area contributed by atoms with Crippen molar-refractivity contribution in [3.63, 3.8) is 0 Å². The van der Waals surface area contributed by atoms with E-state index in [-0.39, 0.29) is 11.3 Å². The van der Waals surface area contributed by atoms with Crippen molar-refractivity contribution in [3.05, 3.63) is 99.6 Å². The molecule has 0 aliphatic rings. The van der Waals surface area contributed by atoms with Crippen LogP contribution in [-0.4, -0.2) is 10.8 Å². The van der Waals surface area contributed by atoms with Gasteiger partial charge in [-0.1, -0.05) is 42.5 Å². The molecule has 3 rings (SSSR count). The van der Waals surface area contributed by atoms with Crippen molar-refractivity contribution in [2.45, 2.75) is 13.5 Å². The summed E-state index contributed by atoms with van der Waals surface area (Å²) in [5.74, 6) is -0.390. The second kappa shape index (κ2) is 8.14. The van der Waals surface area contributed by atoms with Crippen molar-refractivity contribution in [2.24, 2.45) is 0 Å². The molecule has 1 amide bonds. The molecule has 0 saturated heterocycles. The van der Waals surface area contributed by atoms with Crippen LogP contribution in [-0.2, 0) is 6.54 Å². The molecule has 0 unspecified atom stereocenters. The number of rotatable bonds is 6. The van der Waals surface area contributed by atoms with Gasteiger partial charge in [-0.3, -0.25) is 14.9 Å². The molecule has 3 aromatic carbocycles. The topological polar surface area (TPSA) is 84.3 Å². The Bertz CT molecular complexity index is 971. The number of nitro benzene ring substituents is 1. The molecule has 0 radical (unpaired) electrons. The molecule has 27 heavy (non-hydrogen) atoms. The molecule has 0 fully saturated rings. The maximum absolute atomic E-state index is 12.4. The zero-order chi connectivity index (χ0) is 19.2. The SMILES string of the molecule is Cc1cccc(NC(=O)c2ccc(NCc3ccccc3)c([N+](=O)[O-])c2)c1. The number of nitro groups is 1. The smallest absolute Gasteiger partial charge is 0.293 e. The van der Waals surface area contributed by atoms with Gasteiger partial charge in [-0.25, -0.2) is 0 Å². The van der Waals surface area contributed by atoms with E-state index in [2.05, 4.69) is 10.6 Å². The lowest BCUT2D eigenvalue weighted by Gasteiger charge is -2.10. The van der Waals surface area contributed by atoms with Crippen LogP contribution in [0.25, 0.3) is 0 Å². The minimum absolute atomic E-state index is 0.136. The van der Waals surface area contributed by atoms with Gasteiger partial charge < -0.3 is 10.6 Å². The number of carbonyl (C=O) groups excluding carboxylic acids is 1. The van der Waals surface area contributed by atoms with E-state index in [1.165, 1.54) is 6.07 Å². The van der Waals surface area contributed by atoms with Gasteiger partial charge in [-0.15, -0.1) is 0 Å². The van der Waals surface area contributed by atoms with Crippen LogP contribution >= 0.6 is 0 Å². The molecular formula is C21H19N3O3. The molecule has 6 nitrogen and oxygen atoms in total. The summed E-state index contributed by atoms with van der Waals surface area (Å²) in [5, 5.41) is 17.3. The Morgan fingerprint density at radius 3 is 2.48 bits per heavy atom. The number of hydrogen-bond donors (Lipinski definition) is 2. The monoisotopic (exact) mass is 361 g/mol. The van der Waals surface area contributed by atoms with Gasteiger partial charge in [-0.05, 0) is 42.3 Å². The minimum Gasteiger partial charge on any atom is -0.375 e. The number of aryl methyl sites for hydroxylation is 1. The summed E-state index contributed by atoms with van der Waals surface area (Å²) in [6, 6.07) is 21.4. The third-order valence-electron chi connectivity index (χ3n) is 4.06. The van der Waals surface area contributed by atoms with Crippen molar-refractivity contribution in [3.8, 4) is 0 Å². The van der Waals surface area contributed by atoms with Crippen molar-refractivity contribution < 1.29 is 9.72 Å².